The number of fused-ring (bicyclic) bond motifs is 2. The minimum atomic E-state index is -1.23. The number of hydrogen-bond donors (Lipinski definition) is 2. The van der Waals surface area contributed by atoms with Crippen LogP contribution in [0.25, 0.3) is 0 Å². The van der Waals surface area contributed by atoms with Crippen molar-refractivity contribution in [3.8, 4) is 0 Å². The van der Waals surface area contributed by atoms with E-state index in [1.165, 1.54) is 39.8 Å². The second-order valence-corrected chi connectivity index (χ2v) is 12.9. The molecule has 0 bridgehead atoms. The van der Waals surface area contributed by atoms with Crippen molar-refractivity contribution in [2.24, 2.45) is 5.73 Å². The van der Waals surface area contributed by atoms with E-state index in [4.69, 9.17) is 15.2 Å². The first-order valence-corrected chi connectivity index (χ1v) is 15.4. The second-order valence-electron chi connectivity index (χ2n) is 9.34. The Morgan fingerprint density at radius 3 is 2.68 bits per heavy atom. The van der Waals surface area contributed by atoms with Crippen LogP contribution in [-0.4, -0.2) is 61.8 Å². The van der Waals surface area contributed by atoms with Gasteiger partial charge in [-0.25, -0.2) is 9.59 Å². The number of aromatic nitrogens is 2. The highest BCUT2D eigenvalue weighted by Gasteiger charge is 2.55. The number of β-lactam (4-membered cyclic amide) rings is 1. The van der Waals surface area contributed by atoms with E-state index in [-0.39, 0.29) is 5.70 Å². The minimum Gasteiger partial charge on any atom is -0.417 e. The zero-order chi connectivity index (χ0) is 28.7. The lowest BCUT2D eigenvalue weighted by Crippen LogP contribution is -2.71. The summed E-state index contributed by atoms with van der Waals surface area (Å²) in [5.74, 6) is -1.58. The molecule has 0 radical (unpaired) electrons. The Bertz CT molecular complexity index is 1580. The molecule has 4 heterocycles. The van der Waals surface area contributed by atoms with Crippen molar-refractivity contribution in [2.45, 2.75) is 35.0 Å². The summed E-state index contributed by atoms with van der Waals surface area (Å²) in [5.41, 5.74) is 8.23. The number of benzene rings is 2. The lowest BCUT2D eigenvalue weighted by atomic mass is 10.0. The summed E-state index contributed by atoms with van der Waals surface area (Å²) in [6.45, 7) is 1.85. The number of hydrogen-bond acceptors (Lipinski definition) is 12. The Morgan fingerprint density at radius 2 is 1.93 bits per heavy atom. The number of rotatable bonds is 8. The lowest BCUT2D eigenvalue weighted by molar-refractivity contribution is -0.168. The van der Waals surface area contributed by atoms with Crippen molar-refractivity contribution in [3.05, 3.63) is 87.6 Å². The summed E-state index contributed by atoms with van der Waals surface area (Å²) in [7, 11) is 0. The molecular formula is C27H23N5O6S3. The first-order chi connectivity index (χ1) is 19.8. The first-order valence-electron chi connectivity index (χ1n) is 12.5. The molecule has 6 rings (SSSR count). The molecule has 1 aromatic heterocycles. The molecule has 210 valence electrons. The zero-order valence-electron chi connectivity index (χ0n) is 21.5. The Labute approximate surface area is 246 Å². The molecule has 4 atom stereocenters. The van der Waals surface area contributed by atoms with E-state index in [0.717, 1.165) is 9.35 Å². The van der Waals surface area contributed by atoms with E-state index in [0.29, 0.717) is 33.8 Å². The number of nitrogens with zero attached hydrogens (tertiary/aromatic N) is 3. The summed E-state index contributed by atoms with van der Waals surface area (Å²) in [5, 5.41) is 11.2. The molecule has 41 heavy (non-hydrogen) atoms. The summed E-state index contributed by atoms with van der Waals surface area (Å²) < 4.78 is 11.7. The van der Waals surface area contributed by atoms with Gasteiger partial charge < -0.3 is 20.5 Å². The van der Waals surface area contributed by atoms with E-state index in [1.54, 1.807) is 48.5 Å². The van der Waals surface area contributed by atoms with Crippen LogP contribution in [0.5, 0.6) is 0 Å². The molecule has 14 heteroatoms. The Balaban J connectivity index is 1.23. The van der Waals surface area contributed by atoms with Gasteiger partial charge in [0.15, 0.2) is 4.34 Å². The number of thioether (sulfide) groups is 2. The number of amides is 2. The van der Waals surface area contributed by atoms with Crippen molar-refractivity contribution < 1.29 is 28.7 Å². The van der Waals surface area contributed by atoms with Crippen LogP contribution in [0.4, 0.5) is 0 Å². The summed E-state index contributed by atoms with van der Waals surface area (Å²) >= 11 is 4.25. The molecule has 3 aromatic rings. The van der Waals surface area contributed by atoms with E-state index in [1.807, 2.05) is 13.0 Å². The molecule has 11 nitrogen and oxygen atoms in total. The molecule has 3 N–H and O–H groups in total. The first kappa shape index (κ1) is 27.4. The predicted molar refractivity (Wildman–Crippen MR) is 151 cm³/mol. The second kappa shape index (κ2) is 11.3. The Kier molecular flexibility index (Phi) is 7.55. The van der Waals surface area contributed by atoms with Crippen LogP contribution in [0, 0.1) is 6.92 Å². The monoisotopic (exact) mass is 609 g/mol. The number of aryl methyl sites for hydroxylation is 1. The Hall–Kier alpha value is -3.72. The smallest absolute Gasteiger partial charge is 0.358 e. The molecule has 1 fully saturated rings. The van der Waals surface area contributed by atoms with E-state index in [2.05, 4.69) is 15.5 Å². The van der Waals surface area contributed by atoms with Gasteiger partial charge in [-0.15, -0.1) is 22.0 Å². The van der Waals surface area contributed by atoms with Crippen LogP contribution in [0.15, 0.2) is 70.2 Å². The van der Waals surface area contributed by atoms with Gasteiger partial charge in [0.25, 0.3) is 12.2 Å². The third kappa shape index (κ3) is 5.23. The molecule has 1 unspecified atom stereocenters. The minimum absolute atomic E-state index is 0.0748. The van der Waals surface area contributed by atoms with Gasteiger partial charge in [0.1, 0.15) is 28.2 Å². The van der Waals surface area contributed by atoms with Gasteiger partial charge in [-0.2, -0.15) is 0 Å². The molecule has 1 saturated heterocycles. The average Bonchev–Trinajstić information content (AvgIpc) is 3.55. The Morgan fingerprint density at radius 1 is 1.17 bits per heavy atom. The maximum atomic E-state index is 13.6. The van der Waals surface area contributed by atoms with Crippen LogP contribution < -0.4 is 11.1 Å². The van der Waals surface area contributed by atoms with Crippen LogP contribution in [0.1, 0.15) is 38.8 Å². The van der Waals surface area contributed by atoms with Gasteiger partial charge in [0.2, 0.25) is 5.91 Å². The maximum absolute atomic E-state index is 13.6. The fraction of sp³-hybridized carbons (Fsp3) is 0.259. The van der Waals surface area contributed by atoms with Gasteiger partial charge >= 0.3 is 11.9 Å². The zero-order valence-corrected chi connectivity index (χ0v) is 24.0. The van der Waals surface area contributed by atoms with Crippen LogP contribution >= 0.6 is 34.9 Å². The van der Waals surface area contributed by atoms with Crippen molar-refractivity contribution in [3.63, 3.8) is 0 Å². The number of carbonyl (C=O) groups excluding carboxylic acids is 4. The molecule has 2 amide bonds. The highest BCUT2D eigenvalue weighted by atomic mass is 32.2. The third-order valence-corrected chi connectivity index (χ3v) is 10.1. The van der Waals surface area contributed by atoms with Crippen molar-refractivity contribution in [1.82, 2.24) is 20.4 Å². The number of nitrogens with two attached hydrogens (primary N) is 1. The van der Waals surface area contributed by atoms with Crippen LogP contribution in [-0.2, 0) is 23.9 Å². The quantitative estimate of drug-likeness (QED) is 0.220. The largest absolute Gasteiger partial charge is 0.417 e. The van der Waals surface area contributed by atoms with Gasteiger partial charge in [-0.1, -0.05) is 71.6 Å². The molecule has 3 aliphatic heterocycles. The predicted octanol–water partition coefficient (Wildman–Crippen LogP) is 2.71. The van der Waals surface area contributed by atoms with Crippen molar-refractivity contribution in [1.29, 1.82) is 0 Å². The molecule has 0 saturated carbocycles. The van der Waals surface area contributed by atoms with Crippen LogP contribution in [0.3, 0.4) is 0 Å². The highest BCUT2D eigenvalue weighted by Crippen LogP contribution is 2.43. The molecule has 2 aromatic carbocycles. The van der Waals surface area contributed by atoms with Crippen molar-refractivity contribution >= 4 is 58.6 Å². The molecular weight excluding hydrogens is 587 g/mol. The SMILES string of the molecule is Cc1nnc(SCC2=C(C(=O)OC3OC(=O)c4ccccc43)N3C(=O)[C@@H](NC(=O)[C@H](N)c4ccccc4)[C@H]3SC2)s1. The third-order valence-electron chi connectivity index (χ3n) is 6.72. The van der Waals surface area contributed by atoms with Gasteiger partial charge in [-0.05, 0) is 24.1 Å². The summed E-state index contributed by atoms with van der Waals surface area (Å²) in [4.78, 5) is 53.6. The summed E-state index contributed by atoms with van der Waals surface area (Å²) in [6.07, 6.45) is -1.23. The normalized spacial score (nSPS) is 21.9. The van der Waals surface area contributed by atoms with Gasteiger partial charge in [-0.3, -0.25) is 14.5 Å². The van der Waals surface area contributed by atoms with Gasteiger partial charge in [0.05, 0.1) is 5.56 Å². The molecule has 0 spiro atoms. The van der Waals surface area contributed by atoms with Crippen LogP contribution in [0.2, 0.25) is 0 Å². The maximum Gasteiger partial charge on any atom is 0.358 e. The van der Waals surface area contributed by atoms with E-state index < -0.39 is 47.5 Å². The number of carbonyl (C=O) groups is 4. The fourth-order valence-electron chi connectivity index (χ4n) is 4.68. The number of ether oxygens (including phenoxy) is 2. The number of esters is 2. The van der Waals surface area contributed by atoms with Crippen molar-refractivity contribution in [2.75, 3.05) is 11.5 Å². The van der Waals surface area contributed by atoms with E-state index in [9.17, 15) is 19.2 Å². The fourth-order valence-corrected chi connectivity index (χ4v) is 7.98. The molecule has 0 aliphatic carbocycles. The number of cyclic esters (lactones) is 1. The van der Waals surface area contributed by atoms with E-state index >= 15 is 0 Å². The van der Waals surface area contributed by atoms with Gasteiger partial charge in [0, 0.05) is 17.1 Å². The standard InChI is InChI=1S/C27H23N5O6S3/c1-13-30-31-27(41-13)40-12-15-11-39-23-19(29-21(33)18(28)14-7-3-2-4-8-14)22(34)32(23)20(15)25(36)38-26-17-10-6-5-9-16(17)24(35)37-26/h2-10,18-19,23,26H,11-12,28H2,1H3,(H,29,33)/t18-,19-,23-,26?/m1/s1. The highest BCUT2D eigenvalue weighted by molar-refractivity contribution is 8.01. The number of nitrogens with one attached hydrogen (secondary N) is 1. The molecule has 3 aliphatic rings. The average molecular weight is 610 g/mol. The topological polar surface area (TPSA) is 154 Å². The lowest BCUT2D eigenvalue weighted by Gasteiger charge is -2.50. The summed E-state index contributed by atoms with van der Waals surface area (Å²) in [6, 6.07) is 13.7.